The Morgan fingerprint density at radius 3 is 2.59 bits per heavy atom. The van der Waals surface area contributed by atoms with Crippen molar-refractivity contribution in [1.82, 2.24) is 4.90 Å². The molecule has 0 saturated carbocycles. The summed E-state index contributed by atoms with van der Waals surface area (Å²) in [6, 6.07) is 13.7. The zero-order valence-electron chi connectivity index (χ0n) is 16.7. The molecule has 1 saturated heterocycles. The highest BCUT2D eigenvalue weighted by atomic mass is 16.6. The van der Waals surface area contributed by atoms with E-state index in [0.717, 1.165) is 16.7 Å². The second-order valence-corrected chi connectivity index (χ2v) is 8.03. The van der Waals surface area contributed by atoms with Gasteiger partial charge in [0, 0.05) is 43.5 Å². The van der Waals surface area contributed by atoms with Gasteiger partial charge in [-0.3, -0.25) is 4.79 Å². The van der Waals surface area contributed by atoms with E-state index in [0.29, 0.717) is 43.7 Å². The summed E-state index contributed by atoms with van der Waals surface area (Å²) in [6.07, 6.45) is 1.89. The van der Waals surface area contributed by atoms with Crippen molar-refractivity contribution in [2.75, 3.05) is 20.2 Å². The Bertz CT molecular complexity index is 1060. The van der Waals surface area contributed by atoms with Crippen molar-refractivity contribution >= 4 is 17.4 Å². The van der Waals surface area contributed by atoms with E-state index in [1.54, 1.807) is 19.2 Å². The van der Waals surface area contributed by atoms with E-state index in [1.807, 2.05) is 30.0 Å². The topological polar surface area (TPSA) is 55.8 Å². The van der Waals surface area contributed by atoms with Gasteiger partial charge in [-0.1, -0.05) is 24.3 Å². The Morgan fingerprint density at radius 2 is 1.86 bits per heavy atom. The summed E-state index contributed by atoms with van der Waals surface area (Å²) in [5.41, 5.74) is 5.19. The van der Waals surface area contributed by atoms with Crippen molar-refractivity contribution in [2.24, 2.45) is 0 Å². The van der Waals surface area contributed by atoms with Crippen molar-refractivity contribution in [2.45, 2.75) is 31.8 Å². The summed E-state index contributed by atoms with van der Waals surface area (Å²) in [5, 5.41) is 0. The summed E-state index contributed by atoms with van der Waals surface area (Å²) in [6.45, 7) is 3.16. The second-order valence-electron chi connectivity index (χ2n) is 8.03. The van der Waals surface area contributed by atoms with Crippen LogP contribution in [0.15, 0.2) is 48.0 Å². The third-order valence-corrected chi connectivity index (χ3v) is 6.58. The van der Waals surface area contributed by atoms with Crippen LogP contribution in [-0.4, -0.2) is 37.0 Å². The van der Waals surface area contributed by atoms with Gasteiger partial charge in [-0.05, 0) is 41.8 Å². The normalized spacial score (nSPS) is 19.2. The molecule has 2 aliphatic heterocycles. The molecular formula is C24H23NO4. The number of carbonyl (C=O) groups excluding carboxylic acids is 2. The first-order valence-corrected chi connectivity index (χ1v) is 10.0. The number of rotatable bonds is 2. The van der Waals surface area contributed by atoms with Crippen LogP contribution >= 0.6 is 0 Å². The summed E-state index contributed by atoms with van der Waals surface area (Å²) < 4.78 is 11.2. The van der Waals surface area contributed by atoms with Crippen molar-refractivity contribution in [3.8, 4) is 5.75 Å². The van der Waals surface area contributed by atoms with Crippen molar-refractivity contribution in [1.29, 1.82) is 0 Å². The number of carbonyl (C=O) groups is 2. The molecule has 0 bridgehead atoms. The fourth-order valence-corrected chi connectivity index (χ4v) is 4.89. The van der Waals surface area contributed by atoms with Crippen LogP contribution in [0.1, 0.15) is 46.8 Å². The van der Waals surface area contributed by atoms with E-state index in [2.05, 4.69) is 12.1 Å². The molecule has 148 valence electrons. The van der Waals surface area contributed by atoms with Gasteiger partial charge in [0.2, 0.25) is 5.91 Å². The first-order valence-electron chi connectivity index (χ1n) is 10.0. The van der Waals surface area contributed by atoms with Crippen LogP contribution in [0.4, 0.5) is 0 Å². The molecule has 5 rings (SSSR count). The highest BCUT2D eigenvalue weighted by molar-refractivity contribution is 6.03. The van der Waals surface area contributed by atoms with Crippen LogP contribution in [0.25, 0.3) is 5.57 Å². The number of hydrogen-bond donors (Lipinski definition) is 0. The number of ether oxygens (including phenoxy) is 2. The Hall–Kier alpha value is -3.08. The number of piperidine rings is 1. The number of hydrogen-bond acceptors (Lipinski definition) is 4. The molecule has 2 aromatic carbocycles. The number of nitrogens with zero attached hydrogens (tertiary/aromatic N) is 1. The monoisotopic (exact) mass is 389 g/mol. The van der Waals surface area contributed by atoms with Gasteiger partial charge in [0.05, 0.1) is 12.7 Å². The first-order chi connectivity index (χ1) is 14.0. The Labute approximate surface area is 169 Å². The first kappa shape index (κ1) is 18.0. The molecule has 3 aliphatic rings. The minimum Gasteiger partial charge on any atom is -0.497 e. The van der Waals surface area contributed by atoms with Crippen LogP contribution in [0.3, 0.4) is 0 Å². The minimum absolute atomic E-state index is 0.101. The maximum Gasteiger partial charge on any atom is 0.339 e. The van der Waals surface area contributed by atoms with Gasteiger partial charge in [-0.2, -0.15) is 0 Å². The van der Waals surface area contributed by atoms with Crippen molar-refractivity contribution in [3.63, 3.8) is 0 Å². The maximum absolute atomic E-state index is 13.2. The molecule has 5 nitrogen and oxygen atoms in total. The average molecular weight is 389 g/mol. The highest BCUT2D eigenvalue weighted by Crippen LogP contribution is 2.45. The lowest BCUT2D eigenvalue weighted by atomic mass is 9.83. The quantitative estimate of drug-likeness (QED) is 0.735. The number of amides is 1. The molecule has 2 aromatic rings. The van der Waals surface area contributed by atoms with Gasteiger partial charge in [-0.15, -0.1) is 0 Å². The SMILES string of the molecule is COc1ccc2c(c1)C1(CCN(C(=O)C3=C(C)c4ccccc4C3)CC1)OC2=O. The van der Waals surface area contributed by atoms with Crippen molar-refractivity contribution in [3.05, 3.63) is 70.3 Å². The zero-order valence-corrected chi connectivity index (χ0v) is 16.7. The number of methoxy groups -OCH3 is 1. The molecule has 1 aliphatic carbocycles. The number of benzene rings is 2. The highest BCUT2D eigenvalue weighted by Gasteiger charge is 2.48. The molecule has 1 amide bonds. The molecule has 0 unspecified atom stereocenters. The predicted molar refractivity (Wildman–Crippen MR) is 109 cm³/mol. The molecule has 0 atom stereocenters. The Morgan fingerprint density at radius 1 is 1.10 bits per heavy atom. The molecule has 0 radical (unpaired) electrons. The van der Waals surface area contributed by atoms with Crippen LogP contribution in [0.2, 0.25) is 0 Å². The molecule has 0 aromatic heterocycles. The Kier molecular flexibility index (Phi) is 4.02. The fraction of sp³-hybridized carbons (Fsp3) is 0.333. The third-order valence-electron chi connectivity index (χ3n) is 6.58. The molecule has 0 N–H and O–H groups in total. The lowest BCUT2D eigenvalue weighted by molar-refractivity contribution is -0.131. The van der Waals surface area contributed by atoms with E-state index < -0.39 is 5.60 Å². The molecule has 1 spiro atoms. The largest absolute Gasteiger partial charge is 0.497 e. The van der Waals surface area contributed by atoms with Crippen LogP contribution in [-0.2, 0) is 21.6 Å². The van der Waals surface area contributed by atoms with Crippen LogP contribution < -0.4 is 4.74 Å². The van der Waals surface area contributed by atoms with Crippen LogP contribution in [0, 0.1) is 0 Å². The van der Waals surface area contributed by atoms with E-state index >= 15 is 0 Å². The molecule has 5 heteroatoms. The van der Waals surface area contributed by atoms with E-state index in [4.69, 9.17) is 9.47 Å². The maximum atomic E-state index is 13.2. The lowest BCUT2D eigenvalue weighted by Gasteiger charge is -2.39. The van der Waals surface area contributed by atoms with Crippen molar-refractivity contribution < 1.29 is 19.1 Å². The number of allylic oxidation sites excluding steroid dienone is 1. The zero-order chi connectivity index (χ0) is 20.2. The standard InChI is InChI=1S/C24H23NO4/c1-15-18-6-4-3-5-16(18)13-20(15)22(26)25-11-9-24(10-12-25)21-14-17(28-2)7-8-19(21)23(27)29-24/h3-8,14H,9-13H2,1-2H3. The van der Waals surface area contributed by atoms with Crippen LogP contribution in [0.5, 0.6) is 5.75 Å². The summed E-state index contributed by atoms with van der Waals surface area (Å²) in [7, 11) is 1.61. The van der Waals surface area contributed by atoms with Gasteiger partial charge in [-0.25, -0.2) is 4.79 Å². The Balaban J connectivity index is 1.37. The summed E-state index contributed by atoms with van der Waals surface area (Å²) in [5.74, 6) is 0.528. The lowest BCUT2D eigenvalue weighted by Crippen LogP contribution is -2.46. The fourth-order valence-electron chi connectivity index (χ4n) is 4.89. The van der Waals surface area contributed by atoms with Gasteiger partial charge in [0.15, 0.2) is 0 Å². The number of likely N-dealkylation sites (tertiary alicyclic amines) is 1. The summed E-state index contributed by atoms with van der Waals surface area (Å²) in [4.78, 5) is 27.5. The smallest absolute Gasteiger partial charge is 0.339 e. The molecule has 2 heterocycles. The summed E-state index contributed by atoms with van der Waals surface area (Å²) >= 11 is 0. The van der Waals surface area contributed by atoms with E-state index in [9.17, 15) is 9.59 Å². The second kappa shape index (κ2) is 6.48. The minimum atomic E-state index is -0.653. The molecule has 1 fully saturated rings. The van der Waals surface area contributed by atoms with Gasteiger partial charge < -0.3 is 14.4 Å². The number of fused-ring (bicyclic) bond motifs is 3. The van der Waals surface area contributed by atoms with E-state index in [-0.39, 0.29) is 11.9 Å². The third kappa shape index (κ3) is 2.68. The molecular weight excluding hydrogens is 366 g/mol. The average Bonchev–Trinajstić information content (AvgIpc) is 3.23. The van der Waals surface area contributed by atoms with Gasteiger partial charge in [0.1, 0.15) is 11.4 Å². The predicted octanol–water partition coefficient (Wildman–Crippen LogP) is 3.71. The number of esters is 1. The van der Waals surface area contributed by atoms with Gasteiger partial charge >= 0.3 is 5.97 Å². The van der Waals surface area contributed by atoms with E-state index in [1.165, 1.54) is 11.1 Å². The molecule has 29 heavy (non-hydrogen) atoms. The van der Waals surface area contributed by atoms with Gasteiger partial charge in [0.25, 0.3) is 0 Å².